The normalized spacial score (nSPS) is 13.1. The Bertz CT molecular complexity index is 1160. The Morgan fingerprint density at radius 2 is 1.60 bits per heavy atom. The first-order valence-corrected chi connectivity index (χ1v) is 13.6. The van der Waals surface area contributed by atoms with Gasteiger partial charge >= 0.3 is 10.1 Å². The maximum atomic E-state index is 12.5. The highest BCUT2D eigenvalue weighted by molar-refractivity contribution is 9.42. The predicted octanol–water partition coefficient (Wildman–Crippen LogP) is 3.92. The molecule has 0 aliphatic heterocycles. The number of halogens is 3. The van der Waals surface area contributed by atoms with Crippen molar-refractivity contribution in [3.05, 3.63) is 54.1 Å². The fourth-order valence-corrected chi connectivity index (χ4v) is 5.97. The van der Waals surface area contributed by atoms with Crippen LogP contribution < -0.4 is 9.80 Å². The highest BCUT2D eigenvalue weighted by Gasteiger charge is 2.37. The van der Waals surface area contributed by atoms with Gasteiger partial charge in [-0.1, -0.05) is 6.07 Å². The van der Waals surface area contributed by atoms with E-state index in [1.54, 1.807) is 38.4 Å². The summed E-state index contributed by atoms with van der Waals surface area (Å²) in [7, 11) is -4.77. The van der Waals surface area contributed by atoms with Gasteiger partial charge in [0.2, 0.25) is 17.2 Å². The number of hydrogen-bond donors (Lipinski definition) is 2. The number of quaternary nitrogens is 1. The molecule has 164 valence electrons. The number of benzene rings is 2. The van der Waals surface area contributed by atoms with Crippen LogP contribution in [0.4, 0.5) is 11.4 Å². The number of nitrogens with zero attached hydrogens (tertiary/aromatic N) is 1. The topological polar surface area (TPSA) is 118 Å². The second-order valence-corrected chi connectivity index (χ2v) is 18.7. The first-order chi connectivity index (χ1) is 13.5. The summed E-state index contributed by atoms with van der Waals surface area (Å²) >= 11 is 8.94. The number of nitrogens with one attached hydrogen (secondary N) is 1. The average molecular weight is 650 g/mol. The van der Waals surface area contributed by atoms with Crippen LogP contribution in [-0.2, 0) is 20.0 Å². The van der Waals surface area contributed by atoms with E-state index in [-0.39, 0.29) is 14.9 Å². The molecule has 0 aromatic heterocycles. The van der Waals surface area contributed by atoms with E-state index in [9.17, 15) is 21.6 Å². The van der Waals surface area contributed by atoms with E-state index in [4.69, 9.17) is 4.55 Å². The number of hydrogen-bond acceptors (Lipinski definition) is 5. The molecule has 0 atom stereocenters. The quantitative estimate of drug-likeness (QED) is 0.278. The fourth-order valence-electron chi connectivity index (χ4n) is 2.56. The van der Waals surface area contributed by atoms with Gasteiger partial charge in [0.1, 0.15) is 5.69 Å². The minimum Gasteiger partial charge on any atom is -0.322 e. The Hall–Kier alpha value is -0.830. The molecule has 0 radical (unpaired) electrons. The van der Waals surface area contributed by atoms with Crippen molar-refractivity contribution in [1.82, 2.24) is 4.48 Å². The van der Waals surface area contributed by atoms with Gasteiger partial charge < -0.3 is 5.32 Å². The summed E-state index contributed by atoms with van der Waals surface area (Å²) in [6.07, 6.45) is 0. The zero-order valence-electron chi connectivity index (χ0n) is 15.7. The summed E-state index contributed by atoms with van der Waals surface area (Å²) in [5.74, 6) is -1.00. The van der Waals surface area contributed by atoms with Crippen LogP contribution in [-0.4, -0.2) is 48.7 Å². The SMILES string of the molecule is C[N+](C)(CS(=O)(=O)O)c1cccc(NC(=O)c2ccc(S(=O)(=O)C(Br)(Br)Br)cc2)c1. The molecule has 30 heavy (non-hydrogen) atoms. The van der Waals surface area contributed by atoms with Gasteiger partial charge in [-0.3, -0.25) is 13.8 Å². The molecule has 1 amide bonds. The minimum atomic E-state index is -4.21. The van der Waals surface area contributed by atoms with Crippen LogP contribution in [0.3, 0.4) is 0 Å². The molecule has 2 aromatic carbocycles. The van der Waals surface area contributed by atoms with E-state index in [1.807, 2.05) is 0 Å². The summed E-state index contributed by atoms with van der Waals surface area (Å²) < 4.78 is 54.7. The maximum Gasteiger partial charge on any atom is 0.316 e. The van der Waals surface area contributed by atoms with Crippen molar-refractivity contribution >= 4 is 85.0 Å². The first kappa shape index (κ1) is 25.4. The molecule has 0 saturated carbocycles. The lowest BCUT2D eigenvalue weighted by Crippen LogP contribution is -2.44. The smallest absolute Gasteiger partial charge is 0.316 e. The molecule has 0 bridgehead atoms. The third-order valence-corrected chi connectivity index (χ3v) is 10.3. The molecule has 2 rings (SSSR count). The third kappa shape index (κ3) is 6.34. The largest absolute Gasteiger partial charge is 0.322 e. The summed E-state index contributed by atoms with van der Waals surface area (Å²) in [6.45, 7) is 0. The van der Waals surface area contributed by atoms with E-state index in [0.717, 1.165) is 0 Å². The molecule has 13 heteroatoms. The average Bonchev–Trinajstić information content (AvgIpc) is 2.59. The summed E-state index contributed by atoms with van der Waals surface area (Å²) in [5.41, 5.74) is 1.20. The number of carbonyl (C=O) groups is 1. The Kier molecular flexibility index (Phi) is 7.60. The molecule has 0 aliphatic rings. The van der Waals surface area contributed by atoms with Gasteiger partial charge in [-0.25, -0.2) is 8.42 Å². The minimum absolute atomic E-state index is 0.00376. The van der Waals surface area contributed by atoms with Gasteiger partial charge in [0.05, 0.1) is 19.0 Å². The van der Waals surface area contributed by atoms with Crippen molar-refractivity contribution in [3.8, 4) is 0 Å². The van der Waals surface area contributed by atoms with E-state index < -0.39 is 33.2 Å². The van der Waals surface area contributed by atoms with Crippen LogP contribution in [0.2, 0.25) is 0 Å². The van der Waals surface area contributed by atoms with Gasteiger partial charge in [0, 0.05) is 17.3 Å². The number of alkyl halides is 3. The molecule has 0 unspecified atom stereocenters. The van der Waals surface area contributed by atoms with Gasteiger partial charge in [0.15, 0.2) is 0 Å². The van der Waals surface area contributed by atoms with Crippen LogP contribution in [0, 0.1) is 0 Å². The second-order valence-electron chi connectivity index (χ2n) is 6.87. The monoisotopic (exact) mass is 647 g/mol. The zero-order valence-corrected chi connectivity index (χ0v) is 22.1. The van der Waals surface area contributed by atoms with Gasteiger partial charge in [0.25, 0.3) is 5.91 Å². The summed E-state index contributed by atoms with van der Waals surface area (Å²) in [5, 5.41) is 2.68. The van der Waals surface area contributed by atoms with Crippen LogP contribution in [0.25, 0.3) is 0 Å². The van der Waals surface area contributed by atoms with E-state index in [0.29, 0.717) is 11.4 Å². The van der Waals surface area contributed by atoms with E-state index in [1.165, 1.54) is 24.3 Å². The lowest BCUT2D eigenvalue weighted by Gasteiger charge is -2.27. The van der Waals surface area contributed by atoms with Crippen molar-refractivity contribution in [1.29, 1.82) is 0 Å². The van der Waals surface area contributed by atoms with Crippen molar-refractivity contribution < 1.29 is 26.2 Å². The third-order valence-electron chi connectivity index (χ3n) is 4.02. The van der Waals surface area contributed by atoms with Crippen molar-refractivity contribution in [2.45, 2.75) is 6.37 Å². The molecule has 0 spiro atoms. The highest BCUT2D eigenvalue weighted by atomic mass is 80.0. The predicted molar refractivity (Wildman–Crippen MR) is 128 cm³/mol. The van der Waals surface area contributed by atoms with Gasteiger partial charge in [-0.15, -0.1) is 0 Å². The van der Waals surface area contributed by atoms with Crippen LogP contribution >= 0.6 is 47.8 Å². The second kappa shape index (κ2) is 8.96. The zero-order chi connectivity index (χ0) is 23.0. The molecule has 0 saturated heterocycles. The first-order valence-electron chi connectivity index (χ1n) is 8.14. The van der Waals surface area contributed by atoms with Crippen LogP contribution in [0.1, 0.15) is 10.4 Å². The van der Waals surface area contributed by atoms with Crippen LogP contribution in [0.5, 0.6) is 0 Å². The van der Waals surface area contributed by atoms with Crippen LogP contribution in [0.15, 0.2) is 53.4 Å². The van der Waals surface area contributed by atoms with Gasteiger partial charge in [-0.05, 0) is 84.2 Å². The molecule has 2 N–H and O–H groups in total. The molecular formula is C17H18Br3N2O6S2+. The Morgan fingerprint density at radius 3 is 2.10 bits per heavy atom. The Morgan fingerprint density at radius 1 is 1.03 bits per heavy atom. The fraction of sp³-hybridized carbons (Fsp3) is 0.235. The van der Waals surface area contributed by atoms with E-state index >= 15 is 0 Å². The number of sulfone groups is 1. The molecular weight excluding hydrogens is 632 g/mol. The number of rotatable bonds is 6. The standard InChI is InChI=1S/C17H17Br3N2O6S2/c1-22(2,11-29(24,25)26)14-5-3-4-13(10-14)21-16(23)12-6-8-15(9-7-12)30(27,28)17(18,19)20/h3-10H,11H2,1-2H3,(H-,21,23,24,25,26)/p+1. The van der Waals surface area contributed by atoms with Crippen molar-refractivity contribution in [3.63, 3.8) is 0 Å². The molecule has 8 nitrogen and oxygen atoms in total. The highest BCUT2D eigenvalue weighted by Crippen LogP contribution is 2.43. The number of carbonyl (C=O) groups excluding carboxylic acids is 1. The number of amides is 1. The van der Waals surface area contributed by atoms with Crippen molar-refractivity contribution in [2.24, 2.45) is 0 Å². The van der Waals surface area contributed by atoms with Crippen molar-refractivity contribution in [2.75, 3.05) is 25.3 Å². The summed E-state index contributed by atoms with van der Waals surface area (Å²) in [4.78, 5) is 12.5. The maximum absolute atomic E-state index is 12.5. The molecule has 0 aliphatic carbocycles. The lowest BCUT2D eigenvalue weighted by molar-refractivity contribution is 0.102. The molecule has 0 heterocycles. The molecule has 0 fully saturated rings. The van der Waals surface area contributed by atoms with Gasteiger partial charge in [-0.2, -0.15) is 8.42 Å². The van der Waals surface area contributed by atoms with E-state index in [2.05, 4.69) is 53.1 Å². The summed E-state index contributed by atoms with van der Waals surface area (Å²) in [6, 6.07) is 11.9. The Balaban J connectivity index is 2.23. The molecule has 2 aromatic rings. The Labute approximate surface area is 200 Å². The lowest BCUT2D eigenvalue weighted by atomic mass is 10.2. The number of anilines is 1.